The maximum Gasteiger partial charge on any atom is 0.227 e. The van der Waals surface area contributed by atoms with E-state index in [0.717, 1.165) is 55.1 Å². The van der Waals surface area contributed by atoms with E-state index < -0.39 is 0 Å². The topological polar surface area (TPSA) is 59.8 Å². The predicted molar refractivity (Wildman–Crippen MR) is 130 cm³/mol. The molecule has 0 amide bonds. The Morgan fingerprint density at radius 3 is 2.58 bits per heavy atom. The second-order valence-corrected chi connectivity index (χ2v) is 8.92. The fourth-order valence-electron chi connectivity index (χ4n) is 4.22. The van der Waals surface area contributed by atoms with Crippen LogP contribution in [0.5, 0.6) is 11.6 Å². The molecule has 2 atom stereocenters. The molecule has 4 rings (SSSR count). The van der Waals surface area contributed by atoms with Crippen LogP contribution in [0.1, 0.15) is 43.0 Å². The van der Waals surface area contributed by atoms with Crippen LogP contribution in [0, 0.1) is 13.8 Å². The van der Waals surface area contributed by atoms with Crippen LogP contribution in [0.2, 0.25) is 0 Å². The highest BCUT2D eigenvalue weighted by molar-refractivity contribution is 5.43. The van der Waals surface area contributed by atoms with Crippen molar-refractivity contribution >= 4 is 0 Å². The molecule has 1 aliphatic heterocycles. The van der Waals surface area contributed by atoms with Gasteiger partial charge >= 0.3 is 0 Å². The summed E-state index contributed by atoms with van der Waals surface area (Å²) < 4.78 is 14.2. The fourth-order valence-corrected chi connectivity index (χ4v) is 4.22. The molecule has 1 aromatic heterocycles. The zero-order valence-corrected chi connectivity index (χ0v) is 19.9. The van der Waals surface area contributed by atoms with Gasteiger partial charge in [-0.25, -0.2) is 4.68 Å². The van der Waals surface area contributed by atoms with Gasteiger partial charge in [0.2, 0.25) is 5.88 Å². The quantitative estimate of drug-likeness (QED) is 0.470. The smallest absolute Gasteiger partial charge is 0.227 e. The Kier molecular flexibility index (Phi) is 7.81. The molecule has 3 aromatic rings. The van der Waals surface area contributed by atoms with Crippen molar-refractivity contribution in [1.82, 2.24) is 14.7 Å². The van der Waals surface area contributed by atoms with Gasteiger partial charge in [0.05, 0.1) is 29.2 Å². The van der Waals surface area contributed by atoms with Crippen LogP contribution in [0.25, 0.3) is 5.69 Å². The molecule has 0 bridgehead atoms. The number of rotatable bonds is 10. The number of aliphatic hydroxyl groups is 1. The second-order valence-electron chi connectivity index (χ2n) is 8.92. The third-order valence-corrected chi connectivity index (χ3v) is 6.18. The summed E-state index contributed by atoms with van der Waals surface area (Å²) in [5, 5.41) is 15.3. The maximum absolute atomic E-state index is 10.4. The van der Waals surface area contributed by atoms with E-state index in [9.17, 15) is 5.11 Å². The number of hydrogen-bond donors (Lipinski definition) is 1. The third kappa shape index (κ3) is 6.02. The molecular weight excluding hydrogens is 414 g/mol. The van der Waals surface area contributed by atoms with E-state index in [1.54, 1.807) is 0 Å². The molecule has 1 fully saturated rings. The van der Waals surface area contributed by atoms with Crippen molar-refractivity contribution in [3.8, 4) is 17.3 Å². The van der Waals surface area contributed by atoms with Crippen molar-refractivity contribution in [2.24, 2.45) is 0 Å². The van der Waals surface area contributed by atoms with Gasteiger partial charge in [-0.15, -0.1) is 0 Å². The largest absolute Gasteiger partial charge is 0.439 e. The molecule has 33 heavy (non-hydrogen) atoms. The van der Waals surface area contributed by atoms with Gasteiger partial charge in [-0.3, -0.25) is 4.90 Å². The van der Waals surface area contributed by atoms with Crippen molar-refractivity contribution in [2.45, 2.75) is 58.8 Å². The molecule has 6 heteroatoms. The first-order valence-electron chi connectivity index (χ1n) is 11.9. The van der Waals surface area contributed by atoms with Gasteiger partial charge in [-0.1, -0.05) is 42.8 Å². The SMILES string of the molecule is CC[C@@H](O)CN(Cc1c(C)nn(-c2ccccc2)c1Oc1ccc(C)cc1)C[C@H]1CCCO1. The van der Waals surface area contributed by atoms with Crippen LogP contribution < -0.4 is 4.74 Å². The number of benzene rings is 2. The number of aryl methyl sites for hydroxylation is 2. The molecule has 176 valence electrons. The number of aromatic nitrogens is 2. The molecule has 0 saturated carbocycles. The van der Waals surface area contributed by atoms with Gasteiger partial charge < -0.3 is 14.6 Å². The summed E-state index contributed by atoms with van der Waals surface area (Å²) in [5.41, 5.74) is 4.09. The van der Waals surface area contributed by atoms with Crippen LogP contribution in [-0.4, -0.2) is 51.7 Å². The Morgan fingerprint density at radius 2 is 1.91 bits per heavy atom. The molecule has 1 aliphatic rings. The average Bonchev–Trinajstić information content (AvgIpc) is 3.44. The first-order valence-corrected chi connectivity index (χ1v) is 11.9. The lowest BCUT2D eigenvalue weighted by Gasteiger charge is -2.27. The van der Waals surface area contributed by atoms with Crippen LogP contribution in [0.4, 0.5) is 0 Å². The minimum absolute atomic E-state index is 0.208. The van der Waals surface area contributed by atoms with Crippen molar-refractivity contribution in [3.05, 3.63) is 71.4 Å². The molecular formula is C27H35N3O3. The summed E-state index contributed by atoms with van der Waals surface area (Å²) in [7, 11) is 0. The zero-order chi connectivity index (χ0) is 23.2. The van der Waals surface area contributed by atoms with E-state index in [1.165, 1.54) is 5.56 Å². The van der Waals surface area contributed by atoms with Gasteiger partial charge in [0.25, 0.3) is 0 Å². The van der Waals surface area contributed by atoms with Crippen LogP contribution in [0.3, 0.4) is 0 Å². The number of hydrogen-bond acceptors (Lipinski definition) is 5. The van der Waals surface area contributed by atoms with E-state index in [-0.39, 0.29) is 12.2 Å². The monoisotopic (exact) mass is 449 g/mol. The van der Waals surface area contributed by atoms with Crippen molar-refractivity contribution < 1.29 is 14.6 Å². The summed E-state index contributed by atoms with van der Waals surface area (Å²) in [6.45, 7) is 8.94. The lowest BCUT2D eigenvalue weighted by atomic mass is 10.1. The normalized spacial score (nSPS) is 16.9. The minimum atomic E-state index is -0.377. The van der Waals surface area contributed by atoms with Crippen LogP contribution >= 0.6 is 0 Å². The lowest BCUT2D eigenvalue weighted by molar-refractivity contribution is 0.0451. The summed E-state index contributed by atoms with van der Waals surface area (Å²) in [6, 6.07) is 18.1. The lowest BCUT2D eigenvalue weighted by Crippen LogP contribution is -2.37. The van der Waals surface area contributed by atoms with Crippen molar-refractivity contribution in [1.29, 1.82) is 0 Å². The standard InChI is InChI=1S/C27H35N3O3/c1-4-23(31)17-29(18-25-11-8-16-32-25)19-26-21(3)28-30(22-9-6-5-7-10-22)27(26)33-24-14-12-20(2)13-15-24/h5-7,9-10,12-15,23,25,31H,4,8,11,16-19H2,1-3H3/t23-,25-/m1/s1. The summed E-state index contributed by atoms with van der Waals surface area (Å²) in [5.74, 6) is 1.49. The van der Waals surface area contributed by atoms with E-state index in [1.807, 2.05) is 73.1 Å². The van der Waals surface area contributed by atoms with E-state index in [0.29, 0.717) is 19.0 Å². The van der Waals surface area contributed by atoms with Crippen LogP contribution in [0.15, 0.2) is 54.6 Å². The average molecular weight is 450 g/mol. The highest BCUT2D eigenvalue weighted by atomic mass is 16.5. The number of ether oxygens (including phenoxy) is 2. The van der Waals surface area contributed by atoms with E-state index >= 15 is 0 Å². The Bertz CT molecular complexity index is 1010. The predicted octanol–water partition coefficient (Wildman–Crippen LogP) is 5.03. The first-order chi connectivity index (χ1) is 16.0. The molecule has 0 unspecified atom stereocenters. The molecule has 0 spiro atoms. The summed E-state index contributed by atoms with van der Waals surface area (Å²) >= 11 is 0. The number of nitrogens with zero attached hydrogens (tertiary/aromatic N) is 3. The Hall–Kier alpha value is -2.67. The summed E-state index contributed by atoms with van der Waals surface area (Å²) in [4.78, 5) is 2.28. The molecule has 2 heterocycles. The van der Waals surface area contributed by atoms with Gasteiger partial charge in [0.15, 0.2) is 0 Å². The third-order valence-electron chi connectivity index (χ3n) is 6.18. The zero-order valence-electron chi connectivity index (χ0n) is 19.9. The number of aliphatic hydroxyl groups excluding tert-OH is 1. The highest BCUT2D eigenvalue weighted by Crippen LogP contribution is 2.32. The Morgan fingerprint density at radius 1 is 1.15 bits per heavy atom. The van der Waals surface area contributed by atoms with Gasteiger partial charge in [-0.05, 0) is 57.4 Å². The van der Waals surface area contributed by atoms with E-state index in [2.05, 4.69) is 11.8 Å². The van der Waals surface area contributed by atoms with Crippen molar-refractivity contribution in [3.63, 3.8) is 0 Å². The molecule has 6 nitrogen and oxygen atoms in total. The molecule has 1 N–H and O–H groups in total. The maximum atomic E-state index is 10.4. The molecule has 2 aromatic carbocycles. The van der Waals surface area contributed by atoms with Gasteiger partial charge in [-0.2, -0.15) is 5.10 Å². The Balaban J connectivity index is 1.68. The minimum Gasteiger partial charge on any atom is -0.439 e. The van der Waals surface area contributed by atoms with Gasteiger partial charge in [0.1, 0.15) is 5.75 Å². The highest BCUT2D eigenvalue weighted by Gasteiger charge is 2.25. The second kappa shape index (κ2) is 11.0. The fraction of sp³-hybridized carbons (Fsp3) is 0.444. The summed E-state index contributed by atoms with van der Waals surface area (Å²) in [6.07, 6.45) is 2.71. The Labute approximate surface area is 196 Å². The van der Waals surface area contributed by atoms with Gasteiger partial charge in [0, 0.05) is 26.2 Å². The molecule has 0 radical (unpaired) electrons. The molecule has 0 aliphatic carbocycles. The number of para-hydroxylation sites is 1. The van der Waals surface area contributed by atoms with Crippen molar-refractivity contribution in [2.75, 3.05) is 19.7 Å². The first kappa shape index (κ1) is 23.5. The van der Waals surface area contributed by atoms with Crippen LogP contribution in [-0.2, 0) is 11.3 Å². The molecule has 1 saturated heterocycles. The van der Waals surface area contributed by atoms with E-state index in [4.69, 9.17) is 14.6 Å².